The summed E-state index contributed by atoms with van der Waals surface area (Å²) in [5.74, 6) is 1.05. The molecule has 0 unspecified atom stereocenters. The molecule has 0 saturated heterocycles. The normalized spacial score (nSPS) is 9.40. The number of nitrogens with zero attached hydrogens (tertiary/aromatic N) is 1. The van der Waals surface area contributed by atoms with Crippen molar-refractivity contribution in [1.82, 2.24) is 10.3 Å². The van der Waals surface area contributed by atoms with E-state index in [0.717, 1.165) is 0 Å². The average Bonchev–Trinajstić information content (AvgIpc) is 2.24. The zero-order valence-corrected chi connectivity index (χ0v) is 8.27. The Morgan fingerprint density at radius 3 is 3.13 bits per heavy atom. The second-order valence-electron chi connectivity index (χ2n) is 2.61. The molecular weight excluding hydrogens is 200 g/mol. The molecule has 82 valence electrons. The molecule has 0 spiro atoms. The van der Waals surface area contributed by atoms with Crippen LogP contribution in [0.25, 0.3) is 0 Å². The minimum absolute atomic E-state index is 0.216. The van der Waals surface area contributed by atoms with Gasteiger partial charge in [0.25, 0.3) is 0 Å². The molecule has 0 bridgehead atoms. The minimum Gasteiger partial charge on any atom is -0.497 e. The van der Waals surface area contributed by atoms with Crippen LogP contribution in [0.15, 0.2) is 18.3 Å². The zero-order chi connectivity index (χ0) is 11.1. The highest BCUT2D eigenvalue weighted by molar-refractivity contribution is 5.64. The largest absolute Gasteiger partial charge is 0.497 e. The second-order valence-corrected chi connectivity index (χ2v) is 2.61. The molecule has 0 aliphatic heterocycles. The fraction of sp³-hybridized carbons (Fsp3) is 0.333. The third kappa shape index (κ3) is 4.17. The van der Waals surface area contributed by atoms with Crippen LogP contribution in [0.5, 0.6) is 11.6 Å². The number of pyridine rings is 1. The molecule has 0 atom stereocenters. The van der Waals surface area contributed by atoms with E-state index in [9.17, 15) is 4.79 Å². The average molecular weight is 212 g/mol. The Morgan fingerprint density at radius 2 is 2.47 bits per heavy atom. The molecule has 1 aromatic rings. The lowest BCUT2D eigenvalue weighted by molar-refractivity contribution is 0.190. The van der Waals surface area contributed by atoms with E-state index in [-0.39, 0.29) is 13.2 Å². The van der Waals surface area contributed by atoms with Gasteiger partial charge in [0.1, 0.15) is 12.4 Å². The molecule has 6 nitrogen and oxygen atoms in total. The van der Waals surface area contributed by atoms with Gasteiger partial charge in [-0.1, -0.05) is 0 Å². The van der Waals surface area contributed by atoms with Gasteiger partial charge in [-0.05, 0) is 6.07 Å². The summed E-state index contributed by atoms with van der Waals surface area (Å²) in [6, 6.07) is 3.32. The predicted molar refractivity (Wildman–Crippen MR) is 52.3 cm³/mol. The highest BCUT2D eigenvalue weighted by Gasteiger charge is 1.98. The van der Waals surface area contributed by atoms with Gasteiger partial charge in [0.2, 0.25) is 5.88 Å². The highest BCUT2D eigenvalue weighted by atomic mass is 16.5. The van der Waals surface area contributed by atoms with E-state index in [1.165, 1.54) is 0 Å². The molecule has 0 saturated carbocycles. The van der Waals surface area contributed by atoms with Crippen molar-refractivity contribution < 1.29 is 19.4 Å². The number of amides is 1. The molecule has 1 amide bonds. The molecule has 15 heavy (non-hydrogen) atoms. The van der Waals surface area contributed by atoms with Gasteiger partial charge in [-0.25, -0.2) is 9.78 Å². The summed E-state index contributed by atoms with van der Waals surface area (Å²) >= 11 is 0. The molecule has 0 aromatic carbocycles. The number of ether oxygens (including phenoxy) is 2. The smallest absolute Gasteiger partial charge is 0.404 e. The number of carboxylic acid groups (broad SMARTS) is 1. The number of hydrogen-bond acceptors (Lipinski definition) is 4. The van der Waals surface area contributed by atoms with E-state index in [0.29, 0.717) is 11.6 Å². The van der Waals surface area contributed by atoms with E-state index in [2.05, 4.69) is 10.3 Å². The summed E-state index contributed by atoms with van der Waals surface area (Å²) in [6.45, 7) is 0.445. The van der Waals surface area contributed by atoms with E-state index in [1.807, 2.05) is 0 Å². The van der Waals surface area contributed by atoms with E-state index < -0.39 is 6.09 Å². The van der Waals surface area contributed by atoms with Crippen molar-refractivity contribution in [2.24, 2.45) is 0 Å². The molecule has 2 N–H and O–H groups in total. The van der Waals surface area contributed by atoms with Gasteiger partial charge >= 0.3 is 6.09 Å². The van der Waals surface area contributed by atoms with Crippen molar-refractivity contribution >= 4 is 6.09 Å². The topological polar surface area (TPSA) is 80.7 Å². The van der Waals surface area contributed by atoms with Crippen molar-refractivity contribution in [3.8, 4) is 11.6 Å². The Balaban J connectivity index is 2.33. The molecule has 0 aliphatic rings. The van der Waals surface area contributed by atoms with Gasteiger partial charge in [-0.2, -0.15) is 0 Å². The van der Waals surface area contributed by atoms with E-state index in [4.69, 9.17) is 14.6 Å². The van der Waals surface area contributed by atoms with Gasteiger partial charge in [0.05, 0.1) is 13.7 Å². The Hall–Kier alpha value is -1.98. The van der Waals surface area contributed by atoms with Gasteiger partial charge in [-0.3, -0.25) is 0 Å². The van der Waals surface area contributed by atoms with Crippen molar-refractivity contribution in [2.45, 2.75) is 0 Å². The lowest BCUT2D eigenvalue weighted by atomic mass is 10.4. The first-order chi connectivity index (χ1) is 7.22. The van der Waals surface area contributed by atoms with Gasteiger partial charge < -0.3 is 19.9 Å². The maximum Gasteiger partial charge on any atom is 0.404 e. The summed E-state index contributed by atoms with van der Waals surface area (Å²) < 4.78 is 10.2. The number of methoxy groups -OCH3 is 1. The molecule has 1 aromatic heterocycles. The monoisotopic (exact) mass is 212 g/mol. The Morgan fingerprint density at radius 1 is 1.67 bits per heavy atom. The number of rotatable bonds is 5. The number of carbonyl (C=O) groups is 1. The van der Waals surface area contributed by atoms with Gasteiger partial charge in [-0.15, -0.1) is 0 Å². The van der Waals surface area contributed by atoms with Crippen LogP contribution in [0.3, 0.4) is 0 Å². The lowest BCUT2D eigenvalue weighted by Gasteiger charge is -2.06. The maximum absolute atomic E-state index is 10.1. The van der Waals surface area contributed by atoms with Crippen molar-refractivity contribution in [3.63, 3.8) is 0 Å². The molecular formula is C9H12N2O4. The lowest BCUT2D eigenvalue weighted by Crippen LogP contribution is -2.26. The van der Waals surface area contributed by atoms with Crippen LogP contribution in [-0.4, -0.2) is 36.4 Å². The molecule has 6 heteroatoms. The Kier molecular flexibility index (Phi) is 4.21. The third-order valence-electron chi connectivity index (χ3n) is 1.57. The number of hydrogen-bond donors (Lipinski definition) is 2. The number of nitrogens with one attached hydrogen (secondary N) is 1. The van der Waals surface area contributed by atoms with Crippen LogP contribution in [0, 0.1) is 0 Å². The summed E-state index contributed by atoms with van der Waals surface area (Å²) in [7, 11) is 1.55. The van der Waals surface area contributed by atoms with Crippen LogP contribution in [-0.2, 0) is 0 Å². The first-order valence-electron chi connectivity index (χ1n) is 4.32. The molecule has 0 fully saturated rings. The van der Waals surface area contributed by atoms with Crippen LogP contribution < -0.4 is 14.8 Å². The van der Waals surface area contributed by atoms with E-state index in [1.54, 1.807) is 25.4 Å². The Labute approximate surface area is 86.8 Å². The fourth-order valence-corrected chi connectivity index (χ4v) is 0.911. The summed E-state index contributed by atoms with van der Waals surface area (Å²) in [5, 5.41) is 10.5. The fourth-order valence-electron chi connectivity index (χ4n) is 0.911. The first-order valence-corrected chi connectivity index (χ1v) is 4.32. The van der Waals surface area contributed by atoms with Crippen molar-refractivity contribution in [2.75, 3.05) is 20.3 Å². The second kappa shape index (κ2) is 5.69. The molecule has 0 radical (unpaired) electrons. The third-order valence-corrected chi connectivity index (χ3v) is 1.57. The highest BCUT2D eigenvalue weighted by Crippen LogP contribution is 2.15. The van der Waals surface area contributed by atoms with Crippen LogP contribution in [0.4, 0.5) is 4.79 Å². The van der Waals surface area contributed by atoms with Crippen LogP contribution in [0.2, 0.25) is 0 Å². The Bertz CT molecular complexity index is 330. The quantitative estimate of drug-likeness (QED) is 0.703. The molecule has 0 aliphatic carbocycles. The van der Waals surface area contributed by atoms with Gasteiger partial charge in [0, 0.05) is 12.3 Å². The summed E-state index contributed by atoms with van der Waals surface area (Å²) in [6.07, 6.45) is 0.482. The van der Waals surface area contributed by atoms with Crippen LogP contribution >= 0.6 is 0 Å². The van der Waals surface area contributed by atoms with Gasteiger partial charge in [0.15, 0.2) is 0 Å². The first kappa shape index (κ1) is 11.1. The zero-order valence-electron chi connectivity index (χ0n) is 8.27. The molecule has 1 heterocycles. The van der Waals surface area contributed by atoms with Crippen molar-refractivity contribution in [3.05, 3.63) is 18.3 Å². The predicted octanol–water partition coefficient (Wildman–Crippen LogP) is 0.737. The minimum atomic E-state index is -1.07. The SMILES string of the molecule is COc1ccnc(OCCNC(=O)O)c1. The maximum atomic E-state index is 10.1. The van der Waals surface area contributed by atoms with Crippen molar-refractivity contribution in [1.29, 1.82) is 0 Å². The summed E-state index contributed by atoms with van der Waals surface area (Å²) in [4.78, 5) is 14.0. The van der Waals surface area contributed by atoms with E-state index >= 15 is 0 Å². The molecule has 1 rings (SSSR count). The standard InChI is InChI=1S/C9H12N2O4/c1-14-7-2-3-10-8(6-7)15-5-4-11-9(12)13/h2-3,6,11H,4-5H2,1H3,(H,12,13). The number of aromatic nitrogens is 1. The van der Waals surface area contributed by atoms with Crippen LogP contribution in [0.1, 0.15) is 0 Å². The summed E-state index contributed by atoms with van der Waals surface area (Å²) in [5.41, 5.74) is 0.